The van der Waals surface area contributed by atoms with Crippen LogP contribution in [0, 0.1) is 0 Å². The number of aromatic amines is 1. The summed E-state index contributed by atoms with van der Waals surface area (Å²) in [6, 6.07) is 3.48. The van der Waals surface area contributed by atoms with Crippen molar-refractivity contribution in [1.82, 2.24) is 24.4 Å². The first-order valence-corrected chi connectivity index (χ1v) is 15.1. The number of aliphatic hydroxyl groups is 1. The molecule has 1 saturated heterocycles. The summed E-state index contributed by atoms with van der Waals surface area (Å²) in [5.74, 6) is 1.22. The molecule has 2 aromatic heterocycles. The zero-order chi connectivity index (χ0) is 29.9. The second-order valence-corrected chi connectivity index (χ2v) is 12.1. The van der Waals surface area contributed by atoms with Gasteiger partial charge in [-0.05, 0) is 31.4 Å². The van der Waals surface area contributed by atoms with E-state index >= 15 is 0 Å². The van der Waals surface area contributed by atoms with Gasteiger partial charge in [0.1, 0.15) is 5.82 Å². The summed E-state index contributed by atoms with van der Waals surface area (Å²) in [7, 11) is -1.78. The maximum atomic E-state index is 11.9. The lowest BCUT2D eigenvalue weighted by molar-refractivity contribution is 0.204. The number of aromatic nitrogens is 3. The van der Waals surface area contributed by atoms with Crippen LogP contribution in [0.4, 0.5) is 0 Å². The highest BCUT2D eigenvalue weighted by atomic mass is 35.5. The van der Waals surface area contributed by atoms with E-state index in [2.05, 4.69) is 26.9 Å². The van der Waals surface area contributed by atoms with E-state index in [1.165, 1.54) is 30.1 Å². The smallest absolute Gasteiger partial charge is 0.211 e. The van der Waals surface area contributed by atoms with Crippen LogP contribution < -0.4 is 15.2 Å². The first kappa shape index (κ1) is 30.8. The number of rotatable bonds is 10. The molecule has 0 saturated carbocycles. The third kappa shape index (κ3) is 6.66. The molecule has 1 atom stereocenters. The van der Waals surface area contributed by atoms with E-state index in [9.17, 15) is 13.5 Å². The molecule has 0 aliphatic carbocycles. The number of halogens is 2. The van der Waals surface area contributed by atoms with Gasteiger partial charge in [0.05, 0.1) is 41.2 Å². The van der Waals surface area contributed by atoms with Crippen molar-refractivity contribution in [3.8, 4) is 11.5 Å². The van der Waals surface area contributed by atoms with Gasteiger partial charge in [-0.1, -0.05) is 23.2 Å². The first-order valence-electron chi connectivity index (χ1n) is 12.4. The Kier molecular flexibility index (Phi) is 9.57. The van der Waals surface area contributed by atoms with Gasteiger partial charge in [0.15, 0.2) is 17.7 Å². The van der Waals surface area contributed by atoms with Gasteiger partial charge in [-0.2, -0.15) is 9.40 Å². The summed E-state index contributed by atoms with van der Waals surface area (Å²) in [6.45, 7) is 6.66. The van der Waals surface area contributed by atoms with Crippen LogP contribution in [0.1, 0.15) is 24.4 Å². The highest BCUT2D eigenvalue weighted by molar-refractivity contribution is 7.88. The zero-order valence-corrected chi connectivity index (χ0v) is 25.1. The lowest BCUT2D eigenvalue weighted by Crippen LogP contribution is -2.47. The second-order valence-electron chi connectivity index (χ2n) is 9.32. The van der Waals surface area contributed by atoms with E-state index in [1.807, 2.05) is 11.8 Å². The van der Waals surface area contributed by atoms with Gasteiger partial charge >= 0.3 is 0 Å². The van der Waals surface area contributed by atoms with Crippen LogP contribution in [0.2, 0.25) is 10.0 Å². The number of allylic oxidation sites excluding steroid dienone is 1. The minimum atomic E-state index is -3.29. The lowest BCUT2D eigenvalue weighted by atomic mass is 10.1. The number of piperazine rings is 1. The van der Waals surface area contributed by atoms with Crippen LogP contribution in [0.5, 0.6) is 11.5 Å². The normalized spacial score (nSPS) is 16.5. The number of hydrogen-bond acceptors (Lipinski definition) is 10. The molecule has 1 aromatic carbocycles. The maximum absolute atomic E-state index is 11.9. The van der Waals surface area contributed by atoms with Gasteiger partial charge in [0.25, 0.3) is 0 Å². The predicted molar refractivity (Wildman–Crippen MR) is 160 cm³/mol. The van der Waals surface area contributed by atoms with Crippen molar-refractivity contribution in [1.29, 1.82) is 0 Å². The number of aliphatic hydroxyl groups excluding tert-OH is 1. The summed E-state index contributed by atoms with van der Waals surface area (Å²) in [6.07, 6.45) is 4.81. The Morgan fingerprint density at radius 3 is 2.46 bits per heavy atom. The van der Waals surface area contributed by atoms with Gasteiger partial charge in [-0.15, -0.1) is 0 Å². The molecule has 1 fully saturated rings. The lowest BCUT2D eigenvalue weighted by Gasteiger charge is -2.35. The molecule has 0 radical (unpaired) electrons. The van der Waals surface area contributed by atoms with E-state index in [-0.39, 0.29) is 16.7 Å². The minimum absolute atomic E-state index is 0.264. The molecule has 0 spiro atoms. The van der Waals surface area contributed by atoms with Crippen LogP contribution in [0.25, 0.3) is 16.5 Å². The third-order valence-electron chi connectivity index (χ3n) is 6.65. The fourth-order valence-electron chi connectivity index (χ4n) is 4.61. The second kappa shape index (κ2) is 12.8. The average Bonchev–Trinajstić information content (AvgIpc) is 3.35. The molecule has 3 aromatic rings. The number of fused-ring (bicyclic) bond motifs is 1. The van der Waals surface area contributed by atoms with E-state index in [1.54, 1.807) is 18.2 Å². The average molecular weight is 625 g/mol. The third-order valence-corrected chi connectivity index (χ3v) is 8.56. The Labute approximate surface area is 248 Å². The number of ether oxygens (including phenoxy) is 2. The van der Waals surface area contributed by atoms with E-state index in [0.717, 1.165) is 5.57 Å². The van der Waals surface area contributed by atoms with Gasteiger partial charge in [0.2, 0.25) is 10.0 Å². The molecular weight excluding hydrogens is 593 g/mol. The van der Waals surface area contributed by atoms with Gasteiger partial charge in [-0.3, -0.25) is 15.8 Å². The van der Waals surface area contributed by atoms with Gasteiger partial charge < -0.3 is 19.5 Å². The van der Waals surface area contributed by atoms with Crippen molar-refractivity contribution in [3.63, 3.8) is 0 Å². The number of aliphatic imine (C=N–C) groups is 1. The SMILES string of the molecule is C=N/C(=C(\C=C(/C)c1n[nH]c2cc(OC)c(O[C@H](N)c3c(Cl)cncc3Cl)cc12)CO)N1CCN(S(C)(=O)=O)CC1. The Morgan fingerprint density at radius 2 is 1.90 bits per heavy atom. The Bertz CT molecular complexity index is 1600. The highest BCUT2D eigenvalue weighted by Gasteiger charge is 2.26. The fourth-order valence-corrected chi connectivity index (χ4v) is 6.02. The molecule has 15 heteroatoms. The van der Waals surface area contributed by atoms with Crippen LogP contribution in [-0.2, 0) is 10.0 Å². The number of H-pyrrole nitrogens is 1. The Balaban J connectivity index is 1.68. The van der Waals surface area contributed by atoms with Crippen molar-refractivity contribution in [2.75, 3.05) is 46.2 Å². The van der Waals surface area contributed by atoms with Crippen molar-refractivity contribution in [2.45, 2.75) is 13.2 Å². The summed E-state index contributed by atoms with van der Waals surface area (Å²) in [5, 5.41) is 18.9. The number of sulfonamides is 1. The molecule has 4 rings (SSSR count). The Morgan fingerprint density at radius 1 is 1.24 bits per heavy atom. The number of hydrogen-bond donors (Lipinski definition) is 3. The van der Waals surface area contributed by atoms with Crippen molar-refractivity contribution >= 4 is 56.4 Å². The number of nitrogens with zero attached hydrogens (tertiary/aromatic N) is 5. The standard InChI is InChI=1S/C26H31Cl2N7O5S/c1-15(9-16(14-36)26(30-2)34-5-7-35(8-6-34)41(4,37)38)24-17-10-22(21(39-3)11-20(17)32-33-24)40-25(29)23-18(27)12-31-13-19(23)28/h9-13,25,36H,2,5-8,14,29H2,1,3-4H3,(H,32,33)/b15-9+,26-16-/t25-/m0/s1. The number of nitrogens with two attached hydrogens (primary N) is 1. The molecule has 0 bridgehead atoms. The van der Waals surface area contributed by atoms with Crippen LogP contribution in [0.3, 0.4) is 0 Å². The summed E-state index contributed by atoms with van der Waals surface area (Å²) in [4.78, 5) is 10.0. The van der Waals surface area contributed by atoms with Crippen LogP contribution in [-0.4, -0.2) is 90.8 Å². The topological polar surface area (TPSA) is 159 Å². The molecule has 4 N–H and O–H groups in total. The summed E-state index contributed by atoms with van der Waals surface area (Å²) < 4.78 is 36.8. The highest BCUT2D eigenvalue weighted by Crippen LogP contribution is 2.38. The molecule has 3 heterocycles. The van der Waals surface area contributed by atoms with Crippen molar-refractivity contribution in [2.24, 2.45) is 10.7 Å². The zero-order valence-electron chi connectivity index (χ0n) is 22.8. The van der Waals surface area contributed by atoms with Crippen molar-refractivity contribution in [3.05, 3.63) is 63.3 Å². The molecule has 41 heavy (non-hydrogen) atoms. The van der Waals surface area contributed by atoms with E-state index < -0.39 is 16.3 Å². The first-order chi connectivity index (χ1) is 19.5. The number of methoxy groups -OCH3 is 1. The number of nitrogens with one attached hydrogen (secondary N) is 1. The number of pyridine rings is 1. The Hall–Kier alpha value is -3.20. The van der Waals surface area contributed by atoms with Gasteiger partial charge in [-0.25, -0.2) is 13.4 Å². The monoisotopic (exact) mass is 623 g/mol. The van der Waals surface area contributed by atoms with Gasteiger partial charge in [0, 0.05) is 61.2 Å². The number of benzene rings is 1. The largest absolute Gasteiger partial charge is 0.493 e. The molecule has 220 valence electrons. The molecule has 1 aliphatic rings. The predicted octanol–water partition coefficient (Wildman–Crippen LogP) is 3.19. The van der Waals surface area contributed by atoms with Crippen molar-refractivity contribution < 1.29 is 23.0 Å². The molecule has 0 unspecified atom stereocenters. The fraction of sp³-hybridized carbons (Fsp3) is 0.346. The molecule has 12 nitrogen and oxygen atoms in total. The van der Waals surface area contributed by atoms with E-state index in [4.69, 9.17) is 38.4 Å². The van der Waals surface area contributed by atoms with Crippen LogP contribution in [0.15, 0.2) is 47.0 Å². The molecule has 0 amide bonds. The molecule has 1 aliphatic heterocycles. The molecular formula is C26H31Cl2N7O5S. The summed E-state index contributed by atoms with van der Waals surface area (Å²) in [5.41, 5.74) is 9.19. The maximum Gasteiger partial charge on any atom is 0.211 e. The minimum Gasteiger partial charge on any atom is -0.493 e. The summed E-state index contributed by atoms with van der Waals surface area (Å²) >= 11 is 12.5. The quantitative estimate of drug-likeness (QED) is 0.175. The van der Waals surface area contributed by atoms with E-state index in [0.29, 0.717) is 71.2 Å². The van der Waals surface area contributed by atoms with Crippen LogP contribution >= 0.6 is 23.2 Å².